The molecule has 328 valence electrons. The molecule has 0 aliphatic rings. The van der Waals surface area contributed by atoms with Crippen LogP contribution >= 0.6 is 7.82 Å². The van der Waals surface area contributed by atoms with Gasteiger partial charge in [0, 0.05) is 12.8 Å². The predicted octanol–water partition coefficient (Wildman–Crippen LogP) is 11.9. The first-order valence-corrected chi connectivity index (χ1v) is 23.9. The highest BCUT2D eigenvalue weighted by molar-refractivity contribution is 7.47. The number of aliphatic hydroxyl groups excluding tert-OH is 2. The van der Waals surface area contributed by atoms with Crippen molar-refractivity contribution in [3.05, 3.63) is 36.5 Å². The van der Waals surface area contributed by atoms with E-state index in [-0.39, 0.29) is 19.4 Å². The molecule has 0 amide bonds. The van der Waals surface area contributed by atoms with Gasteiger partial charge in [0.1, 0.15) is 12.7 Å². The van der Waals surface area contributed by atoms with E-state index < -0.39 is 51.8 Å². The maximum absolute atomic E-state index is 12.6. The summed E-state index contributed by atoms with van der Waals surface area (Å²) in [5.41, 5.74) is 0. The van der Waals surface area contributed by atoms with Gasteiger partial charge in [0.2, 0.25) is 0 Å². The number of rotatable bonds is 42. The molecule has 0 aromatic carbocycles. The monoisotopic (exact) mass is 815 g/mol. The Bertz CT molecular complexity index is 1030. The number of hydrogen-bond acceptors (Lipinski definition) is 9. The van der Waals surface area contributed by atoms with Gasteiger partial charge in [0.25, 0.3) is 0 Å². The third-order valence-electron chi connectivity index (χ3n) is 9.52. The van der Waals surface area contributed by atoms with Crippen LogP contribution in [0.15, 0.2) is 36.5 Å². The van der Waals surface area contributed by atoms with Crippen LogP contribution in [0, 0.1) is 0 Å². The van der Waals surface area contributed by atoms with E-state index in [1.807, 2.05) is 0 Å². The number of phosphoric ester groups is 1. The van der Waals surface area contributed by atoms with E-state index >= 15 is 0 Å². The lowest BCUT2D eigenvalue weighted by Gasteiger charge is -2.20. The van der Waals surface area contributed by atoms with Gasteiger partial charge >= 0.3 is 19.8 Å². The lowest BCUT2D eigenvalue weighted by atomic mass is 10.1. The molecular weight excluding hydrogens is 731 g/mol. The second-order valence-corrected chi connectivity index (χ2v) is 16.5. The summed E-state index contributed by atoms with van der Waals surface area (Å²) in [6.45, 7) is 2.34. The number of hydrogen-bond donors (Lipinski definition) is 3. The molecule has 3 unspecified atom stereocenters. The number of ether oxygens (including phenoxy) is 2. The van der Waals surface area contributed by atoms with E-state index in [1.165, 1.54) is 89.9 Å². The van der Waals surface area contributed by atoms with E-state index in [9.17, 15) is 24.2 Å². The lowest BCUT2D eigenvalue weighted by Crippen LogP contribution is -2.29. The van der Waals surface area contributed by atoms with Gasteiger partial charge in [-0.2, -0.15) is 0 Å². The Labute approximate surface area is 341 Å². The summed E-state index contributed by atoms with van der Waals surface area (Å²) in [5, 5.41) is 18.3. The van der Waals surface area contributed by atoms with Crippen molar-refractivity contribution in [3.8, 4) is 0 Å². The van der Waals surface area contributed by atoms with Crippen LogP contribution in [-0.2, 0) is 32.7 Å². The number of phosphoric acid groups is 1. The Morgan fingerprint density at radius 1 is 0.536 bits per heavy atom. The fraction of sp³-hybridized carbons (Fsp3) is 0.822. The number of unbranched alkanes of at least 4 members (excludes halogenated alkanes) is 22. The number of carbonyl (C=O) groups is 2. The van der Waals surface area contributed by atoms with Gasteiger partial charge in [-0.15, -0.1) is 0 Å². The van der Waals surface area contributed by atoms with Crippen molar-refractivity contribution in [2.24, 2.45) is 0 Å². The van der Waals surface area contributed by atoms with Crippen molar-refractivity contribution < 1.29 is 47.8 Å². The van der Waals surface area contributed by atoms with Gasteiger partial charge in [0.15, 0.2) is 6.10 Å². The van der Waals surface area contributed by atoms with Gasteiger partial charge in [-0.05, 0) is 70.6 Å². The molecule has 0 rings (SSSR count). The van der Waals surface area contributed by atoms with E-state index in [0.717, 1.165) is 70.6 Å². The average molecular weight is 815 g/mol. The summed E-state index contributed by atoms with van der Waals surface area (Å²) in [7, 11) is -4.62. The SMILES string of the molecule is CCCCC/C=C\C/C=C\CCCCCCCCCCCC(=O)OC(COC(=O)CCCCCCC/C=C\CCCCCCC)COP(=O)(O)OCC(O)CO. The molecule has 0 aromatic rings. The summed E-state index contributed by atoms with van der Waals surface area (Å²) in [4.78, 5) is 35.0. The van der Waals surface area contributed by atoms with Crippen LogP contribution in [0.4, 0.5) is 0 Å². The predicted molar refractivity (Wildman–Crippen MR) is 228 cm³/mol. The average Bonchev–Trinajstić information content (AvgIpc) is 3.19. The molecule has 0 aliphatic heterocycles. The smallest absolute Gasteiger partial charge is 0.462 e. The molecule has 0 aromatic heterocycles. The minimum atomic E-state index is -4.62. The Morgan fingerprint density at radius 2 is 0.929 bits per heavy atom. The summed E-state index contributed by atoms with van der Waals surface area (Å²) in [5.74, 6) is -0.936. The number of carbonyl (C=O) groups excluding carboxylic acids is 2. The molecular formula is C45H83O10P. The summed E-state index contributed by atoms with van der Waals surface area (Å²) in [6, 6.07) is 0. The van der Waals surface area contributed by atoms with Crippen LogP contribution in [0.1, 0.15) is 200 Å². The van der Waals surface area contributed by atoms with E-state index in [1.54, 1.807) is 0 Å². The molecule has 0 spiro atoms. The van der Waals surface area contributed by atoms with Crippen molar-refractivity contribution in [1.29, 1.82) is 0 Å². The zero-order chi connectivity index (χ0) is 41.2. The van der Waals surface area contributed by atoms with Crippen LogP contribution in [-0.4, -0.2) is 65.7 Å². The Hall–Kier alpha value is -1.81. The van der Waals surface area contributed by atoms with Crippen LogP contribution < -0.4 is 0 Å². The van der Waals surface area contributed by atoms with Gasteiger partial charge in [-0.1, -0.05) is 153 Å². The van der Waals surface area contributed by atoms with Crippen LogP contribution in [0.2, 0.25) is 0 Å². The van der Waals surface area contributed by atoms with Gasteiger partial charge in [-0.3, -0.25) is 18.6 Å². The van der Waals surface area contributed by atoms with Crippen molar-refractivity contribution in [2.75, 3.05) is 26.4 Å². The second-order valence-electron chi connectivity index (χ2n) is 15.1. The van der Waals surface area contributed by atoms with E-state index in [0.29, 0.717) is 12.8 Å². The van der Waals surface area contributed by atoms with Crippen molar-refractivity contribution in [2.45, 2.75) is 212 Å². The summed E-state index contributed by atoms with van der Waals surface area (Å²) >= 11 is 0. The normalized spacial score (nSPS) is 14.2. The molecule has 0 fully saturated rings. The molecule has 0 radical (unpaired) electrons. The molecule has 3 N–H and O–H groups in total. The zero-order valence-electron chi connectivity index (χ0n) is 35.6. The highest BCUT2D eigenvalue weighted by atomic mass is 31.2. The first kappa shape index (κ1) is 54.2. The fourth-order valence-corrected chi connectivity index (χ4v) is 6.81. The summed E-state index contributed by atoms with van der Waals surface area (Å²) in [6.07, 6.45) is 42.5. The minimum Gasteiger partial charge on any atom is -0.462 e. The first-order chi connectivity index (χ1) is 27.2. The molecule has 3 atom stereocenters. The molecule has 11 heteroatoms. The quantitative estimate of drug-likeness (QED) is 0.0235. The third-order valence-corrected chi connectivity index (χ3v) is 10.5. The fourth-order valence-electron chi connectivity index (χ4n) is 6.02. The molecule has 0 saturated carbocycles. The molecule has 0 saturated heterocycles. The highest BCUT2D eigenvalue weighted by Gasteiger charge is 2.27. The lowest BCUT2D eigenvalue weighted by molar-refractivity contribution is -0.161. The van der Waals surface area contributed by atoms with Crippen LogP contribution in [0.3, 0.4) is 0 Å². The van der Waals surface area contributed by atoms with Crippen molar-refractivity contribution >= 4 is 19.8 Å². The van der Waals surface area contributed by atoms with Crippen LogP contribution in [0.5, 0.6) is 0 Å². The van der Waals surface area contributed by atoms with E-state index in [4.69, 9.17) is 23.6 Å². The molecule has 0 bridgehead atoms. The second kappa shape index (κ2) is 41.4. The Balaban J connectivity index is 4.27. The first-order valence-electron chi connectivity index (χ1n) is 22.4. The number of esters is 2. The Morgan fingerprint density at radius 3 is 1.43 bits per heavy atom. The summed E-state index contributed by atoms with van der Waals surface area (Å²) < 4.78 is 32.7. The maximum Gasteiger partial charge on any atom is 0.472 e. The third kappa shape index (κ3) is 40.4. The molecule has 0 heterocycles. The standard InChI is InChI=1S/C45H83O10P/c1-3-5-7-9-11-13-15-17-19-20-21-22-23-25-27-29-31-33-35-37-45(49)55-43(41-54-56(50,51)53-39-42(47)38-46)40-52-44(48)36-34-32-30-28-26-24-18-16-14-12-10-8-6-4-2/h11,13,16-19,42-43,46-47H,3-10,12,14-15,20-41H2,1-2H3,(H,50,51)/b13-11-,18-16-,19-17-. The van der Waals surface area contributed by atoms with Crippen molar-refractivity contribution in [1.82, 2.24) is 0 Å². The zero-order valence-corrected chi connectivity index (χ0v) is 36.5. The molecule has 0 aliphatic carbocycles. The van der Waals surface area contributed by atoms with Crippen LogP contribution in [0.25, 0.3) is 0 Å². The largest absolute Gasteiger partial charge is 0.472 e. The van der Waals surface area contributed by atoms with Crippen molar-refractivity contribution in [3.63, 3.8) is 0 Å². The van der Waals surface area contributed by atoms with Gasteiger partial charge in [-0.25, -0.2) is 4.57 Å². The molecule has 10 nitrogen and oxygen atoms in total. The van der Waals surface area contributed by atoms with E-state index in [2.05, 4.69) is 50.3 Å². The topological polar surface area (TPSA) is 149 Å². The number of aliphatic hydroxyl groups is 2. The highest BCUT2D eigenvalue weighted by Crippen LogP contribution is 2.43. The Kier molecular flexibility index (Phi) is 40.0. The number of allylic oxidation sites excluding steroid dienone is 6. The minimum absolute atomic E-state index is 0.178. The van der Waals surface area contributed by atoms with Gasteiger partial charge < -0.3 is 24.6 Å². The maximum atomic E-state index is 12.6. The van der Waals surface area contributed by atoms with Gasteiger partial charge in [0.05, 0.1) is 19.8 Å². The molecule has 56 heavy (non-hydrogen) atoms.